The minimum Gasteiger partial charge on any atom is -0.494 e. The molecule has 0 saturated carbocycles. The van der Waals surface area contributed by atoms with Crippen molar-refractivity contribution in [2.75, 3.05) is 0 Å². The molecule has 2 aromatic carbocycles. The van der Waals surface area contributed by atoms with Crippen molar-refractivity contribution in [2.45, 2.75) is 25.9 Å². The van der Waals surface area contributed by atoms with Crippen molar-refractivity contribution in [2.24, 2.45) is 0 Å². The fourth-order valence-corrected chi connectivity index (χ4v) is 3.72. The highest BCUT2D eigenvalue weighted by atomic mass is 35.5. The topological polar surface area (TPSA) is 64.2 Å². The van der Waals surface area contributed by atoms with Crippen LogP contribution in [0.4, 0.5) is 0 Å². The molecule has 0 radical (unpaired) electrons. The van der Waals surface area contributed by atoms with Gasteiger partial charge in [-0.1, -0.05) is 72.0 Å². The molecule has 0 aliphatic rings. The largest absolute Gasteiger partial charge is 0.494 e. The summed E-state index contributed by atoms with van der Waals surface area (Å²) in [6.45, 7) is 5.88. The van der Waals surface area contributed by atoms with Gasteiger partial charge in [-0.3, -0.25) is 13.9 Å². The van der Waals surface area contributed by atoms with E-state index in [1.165, 1.54) is 0 Å². The number of hydrogen-bond donors (Lipinski definition) is 1. The Labute approximate surface area is 198 Å². The summed E-state index contributed by atoms with van der Waals surface area (Å²) >= 11 is 24.0. The van der Waals surface area contributed by atoms with Gasteiger partial charge in [-0.05, 0) is 46.9 Å². The van der Waals surface area contributed by atoms with Gasteiger partial charge >= 0.3 is 5.69 Å². The van der Waals surface area contributed by atoms with Gasteiger partial charge in [0, 0.05) is 6.54 Å². The molecule has 1 heterocycles. The summed E-state index contributed by atoms with van der Waals surface area (Å²) in [7, 11) is 0. The van der Waals surface area contributed by atoms with E-state index in [0.29, 0.717) is 31.2 Å². The lowest BCUT2D eigenvalue weighted by Crippen LogP contribution is -2.40. The molecular weight excluding hydrogens is 482 g/mol. The van der Waals surface area contributed by atoms with Crippen LogP contribution in [-0.2, 0) is 13.1 Å². The summed E-state index contributed by atoms with van der Waals surface area (Å²) in [5.74, 6) is -0.661. The molecule has 3 aromatic rings. The van der Waals surface area contributed by atoms with Gasteiger partial charge in [0.1, 0.15) is 0 Å². The van der Waals surface area contributed by atoms with Crippen LogP contribution in [0.15, 0.2) is 58.6 Å². The van der Waals surface area contributed by atoms with Crippen molar-refractivity contribution in [1.82, 2.24) is 9.13 Å². The molecule has 162 valence electrons. The van der Waals surface area contributed by atoms with E-state index in [4.69, 9.17) is 46.4 Å². The fourth-order valence-electron chi connectivity index (χ4n) is 3.12. The molecule has 31 heavy (non-hydrogen) atoms. The molecule has 0 amide bonds. The summed E-state index contributed by atoms with van der Waals surface area (Å²) < 4.78 is 2.14. The SMILES string of the molecule is C=C(Cn1c(O)cc(=O)n(CC(C)c2ccc(Cl)c(Cl)c2)c1=O)c1ccc(Cl)c(Cl)c1. The molecule has 0 aliphatic heterocycles. The smallest absolute Gasteiger partial charge is 0.334 e. The molecule has 5 nitrogen and oxygen atoms in total. The standard InChI is InChI=1S/C22H18Cl4N2O3/c1-12(14-3-5-16(23)18(25)7-14)10-27-20(29)9-21(30)28(22(27)31)11-13(2)15-4-6-17(24)19(26)8-15/h3-9,13,29H,1,10-11H2,2H3. The van der Waals surface area contributed by atoms with E-state index in [-0.39, 0.29) is 19.0 Å². The first kappa shape index (κ1) is 23.5. The second kappa shape index (κ2) is 9.53. The Bertz CT molecular complexity index is 1280. The maximum atomic E-state index is 13.0. The fraction of sp³-hybridized carbons (Fsp3) is 0.182. The van der Waals surface area contributed by atoms with Crippen molar-refractivity contribution in [3.05, 3.63) is 101 Å². The van der Waals surface area contributed by atoms with Crippen LogP contribution in [0.25, 0.3) is 5.57 Å². The Morgan fingerprint density at radius 3 is 2.16 bits per heavy atom. The van der Waals surface area contributed by atoms with E-state index in [2.05, 4.69) is 6.58 Å². The Morgan fingerprint density at radius 2 is 1.55 bits per heavy atom. The molecule has 1 aromatic heterocycles. The number of hydrogen-bond acceptors (Lipinski definition) is 3. The minimum atomic E-state index is -0.655. The Kier molecular flexibility index (Phi) is 7.22. The quantitative estimate of drug-likeness (QED) is 0.462. The lowest BCUT2D eigenvalue weighted by atomic mass is 10.0. The summed E-state index contributed by atoms with van der Waals surface area (Å²) in [5.41, 5.74) is 0.728. The molecule has 1 unspecified atom stereocenters. The Balaban J connectivity index is 1.93. The Morgan fingerprint density at radius 1 is 0.935 bits per heavy atom. The average molecular weight is 500 g/mol. The number of allylic oxidation sites excluding steroid dienone is 1. The van der Waals surface area contributed by atoms with E-state index in [9.17, 15) is 14.7 Å². The van der Waals surface area contributed by atoms with Crippen molar-refractivity contribution in [3.63, 3.8) is 0 Å². The van der Waals surface area contributed by atoms with Gasteiger partial charge < -0.3 is 5.11 Å². The lowest BCUT2D eigenvalue weighted by Gasteiger charge is -2.17. The van der Waals surface area contributed by atoms with Crippen LogP contribution < -0.4 is 11.2 Å². The molecular formula is C22H18Cl4N2O3. The van der Waals surface area contributed by atoms with E-state index >= 15 is 0 Å². The number of nitrogens with zero attached hydrogens (tertiary/aromatic N) is 2. The van der Waals surface area contributed by atoms with Crippen LogP contribution in [0.3, 0.4) is 0 Å². The van der Waals surface area contributed by atoms with Gasteiger partial charge in [-0.25, -0.2) is 4.79 Å². The number of aromatic nitrogens is 2. The van der Waals surface area contributed by atoms with E-state index in [0.717, 1.165) is 20.8 Å². The molecule has 1 N–H and O–H groups in total. The van der Waals surface area contributed by atoms with Gasteiger partial charge in [0.2, 0.25) is 5.88 Å². The third-order valence-corrected chi connectivity index (χ3v) is 6.38. The normalized spacial score (nSPS) is 12.0. The maximum absolute atomic E-state index is 13.0. The summed E-state index contributed by atoms with van der Waals surface area (Å²) in [4.78, 5) is 25.4. The molecule has 1 atom stereocenters. The van der Waals surface area contributed by atoms with Crippen LogP contribution in [0, 0.1) is 0 Å². The average Bonchev–Trinajstić information content (AvgIpc) is 2.72. The predicted molar refractivity (Wildman–Crippen MR) is 127 cm³/mol. The third-order valence-electron chi connectivity index (χ3n) is 4.90. The number of rotatable bonds is 6. The van der Waals surface area contributed by atoms with Crippen molar-refractivity contribution in [3.8, 4) is 5.88 Å². The minimum absolute atomic E-state index is 0.0376. The van der Waals surface area contributed by atoms with Crippen molar-refractivity contribution >= 4 is 52.0 Å². The predicted octanol–water partition coefficient (Wildman–Crippen LogP) is 5.85. The first-order valence-electron chi connectivity index (χ1n) is 9.20. The van der Waals surface area contributed by atoms with Gasteiger partial charge in [0.25, 0.3) is 5.56 Å². The summed E-state index contributed by atoms with van der Waals surface area (Å²) in [6.07, 6.45) is 0. The van der Waals surface area contributed by atoms with E-state index in [1.54, 1.807) is 36.4 Å². The van der Waals surface area contributed by atoms with Crippen LogP contribution >= 0.6 is 46.4 Å². The highest BCUT2D eigenvalue weighted by Crippen LogP contribution is 2.28. The maximum Gasteiger partial charge on any atom is 0.334 e. The third kappa shape index (κ3) is 5.18. The molecule has 0 aliphatic carbocycles. The van der Waals surface area contributed by atoms with Crippen molar-refractivity contribution < 1.29 is 5.11 Å². The van der Waals surface area contributed by atoms with Crippen LogP contribution in [-0.4, -0.2) is 14.2 Å². The van der Waals surface area contributed by atoms with Crippen molar-refractivity contribution in [1.29, 1.82) is 0 Å². The van der Waals surface area contributed by atoms with E-state index < -0.39 is 17.1 Å². The molecule has 9 heteroatoms. The second-order valence-electron chi connectivity index (χ2n) is 7.13. The molecule has 0 fully saturated rings. The van der Waals surface area contributed by atoms with Crippen LogP contribution in [0.5, 0.6) is 5.88 Å². The zero-order valence-corrected chi connectivity index (χ0v) is 19.4. The van der Waals surface area contributed by atoms with Crippen LogP contribution in [0.2, 0.25) is 20.1 Å². The first-order valence-corrected chi connectivity index (χ1v) is 10.7. The van der Waals surface area contributed by atoms with Gasteiger partial charge in [-0.15, -0.1) is 0 Å². The number of benzene rings is 2. The molecule has 3 rings (SSSR count). The summed E-state index contributed by atoms with van der Waals surface area (Å²) in [6, 6.07) is 11.1. The number of halogens is 4. The highest BCUT2D eigenvalue weighted by molar-refractivity contribution is 6.42. The zero-order chi connectivity index (χ0) is 22.9. The molecule has 0 bridgehead atoms. The van der Waals surface area contributed by atoms with Crippen LogP contribution in [0.1, 0.15) is 24.0 Å². The summed E-state index contributed by atoms with van der Waals surface area (Å²) in [5, 5.41) is 11.8. The van der Waals surface area contributed by atoms with Gasteiger partial charge in [-0.2, -0.15) is 0 Å². The van der Waals surface area contributed by atoms with Gasteiger partial charge in [0.15, 0.2) is 0 Å². The Hall–Kier alpha value is -2.18. The monoisotopic (exact) mass is 498 g/mol. The molecule has 0 saturated heterocycles. The first-order chi connectivity index (χ1) is 14.6. The lowest BCUT2D eigenvalue weighted by molar-refractivity contribution is 0.397. The highest BCUT2D eigenvalue weighted by Gasteiger charge is 2.16. The number of aromatic hydroxyl groups is 1. The van der Waals surface area contributed by atoms with E-state index in [1.807, 2.05) is 6.92 Å². The zero-order valence-electron chi connectivity index (χ0n) is 16.4. The molecule has 0 spiro atoms. The van der Waals surface area contributed by atoms with Gasteiger partial charge in [0.05, 0.1) is 32.7 Å². The second-order valence-corrected chi connectivity index (χ2v) is 8.76.